The van der Waals surface area contributed by atoms with Crippen LogP contribution >= 0.6 is 11.6 Å². The lowest BCUT2D eigenvalue weighted by atomic mass is 9.97. The van der Waals surface area contributed by atoms with Gasteiger partial charge in [0.1, 0.15) is 35.0 Å². The normalized spacial score (nSPS) is 18.8. The summed E-state index contributed by atoms with van der Waals surface area (Å²) in [5, 5.41) is 3.70. The Morgan fingerprint density at radius 3 is 2.65 bits per heavy atom. The lowest BCUT2D eigenvalue weighted by Gasteiger charge is -2.22. The van der Waals surface area contributed by atoms with Crippen LogP contribution in [0.2, 0.25) is 5.15 Å². The maximum Gasteiger partial charge on any atom is 0.229 e. The molecule has 2 atom stereocenters. The average molecular weight is 523 g/mol. The number of nitrogens with one attached hydrogen (secondary N) is 1. The van der Waals surface area contributed by atoms with Gasteiger partial charge in [0.05, 0.1) is 25.0 Å². The van der Waals surface area contributed by atoms with Crippen molar-refractivity contribution in [1.82, 2.24) is 19.5 Å². The molecule has 0 spiro atoms. The van der Waals surface area contributed by atoms with Crippen molar-refractivity contribution in [3.05, 3.63) is 82.8 Å². The fraction of sp³-hybridized carbons (Fsp3) is 0.296. The number of imidazole rings is 1. The third kappa shape index (κ3) is 4.59. The zero-order chi connectivity index (χ0) is 25.5. The molecule has 0 amide bonds. The van der Waals surface area contributed by atoms with E-state index in [2.05, 4.69) is 10.3 Å². The maximum absolute atomic E-state index is 14.1. The molecule has 2 aromatic heterocycles. The Bertz CT molecular complexity index is 1440. The molecular weight excluding hydrogens is 498 g/mol. The van der Waals surface area contributed by atoms with Crippen molar-refractivity contribution in [3.8, 4) is 11.4 Å². The minimum Gasteiger partial charge on any atom is -0.494 e. The number of rotatable bonds is 6. The zero-order valence-corrected chi connectivity index (χ0v) is 20.9. The Morgan fingerprint density at radius 1 is 1.11 bits per heavy atom. The summed E-state index contributed by atoms with van der Waals surface area (Å²) < 4.78 is 35.1. The highest BCUT2D eigenvalue weighted by Crippen LogP contribution is 2.42. The molecule has 0 saturated carbocycles. The largest absolute Gasteiger partial charge is 0.494 e. The third-order valence-electron chi connectivity index (χ3n) is 7.00. The fourth-order valence-electron chi connectivity index (χ4n) is 5.22. The molecule has 6 rings (SSSR count). The van der Waals surface area contributed by atoms with E-state index in [4.69, 9.17) is 26.3 Å². The second-order valence-electron chi connectivity index (χ2n) is 9.32. The molecule has 4 aromatic rings. The number of aromatic nitrogens is 4. The van der Waals surface area contributed by atoms with Crippen LogP contribution < -0.4 is 15.0 Å². The van der Waals surface area contributed by atoms with Crippen molar-refractivity contribution < 1.29 is 13.5 Å². The molecule has 1 saturated heterocycles. The highest BCUT2D eigenvalue weighted by molar-refractivity contribution is 6.29. The van der Waals surface area contributed by atoms with Gasteiger partial charge >= 0.3 is 0 Å². The maximum atomic E-state index is 14.1. The van der Waals surface area contributed by atoms with Crippen LogP contribution in [-0.2, 0) is 6.42 Å². The van der Waals surface area contributed by atoms with Crippen LogP contribution in [0.15, 0.2) is 55.0 Å². The van der Waals surface area contributed by atoms with Crippen molar-refractivity contribution in [2.45, 2.75) is 31.4 Å². The lowest BCUT2D eigenvalue weighted by Crippen LogP contribution is -2.23. The fourth-order valence-corrected chi connectivity index (χ4v) is 5.37. The minimum atomic E-state index is -0.871. The average Bonchev–Trinajstić information content (AvgIpc) is 3.64. The molecule has 2 aliphatic rings. The molecule has 10 heteroatoms. The summed E-state index contributed by atoms with van der Waals surface area (Å²) in [6, 6.07) is 12.2. The lowest BCUT2D eigenvalue weighted by molar-refractivity contribution is 0.364. The van der Waals surface area contributed by atoms with Gasteiger partial charge < -0.3 is 19.5 Å². The van der Waals surface area contributed by atoms with E-state index in [1.807, 2.05) is 35.2 Å². The summed E-state index contributed by atoms with van der Waals surface area (Å²) in [5.74, 6) is 1.56. The standard InChI is InChI=1S/C27H25ClF2N6O/c1-37-23-12-19(6-9-22(23)36-14-24(28)31-15-36)32-27-33-25-20(16-2-4-17(29)5-3-16)7-8-21(25)26(34-27)35-11-10-18(30)13-35/h2-6,9,12,14-15,18,20H,7-8,10-11,13H2,1H3,(H,32,33,34)/t18-,20?/m0/s1. The van der Waals surface area contributed by atoms with E-state index >= 15 is 0 Å². The molecule has 1 N–H and O–H groups in total. The quantitative estimate of drug-likeness (QED) is 0.343. The van der Waals surface area contributed by atoms with Crippen molar-refractivity contribution in [3.63, 3.8) is 0 Å². The Balaban J connectivity index is 1.37. The summed E-state index contributed by atoms with van der Waals surface area (Å²) in [7, 11) is 1.60. The van der Waals surface area contributed by atoms with Crippen LogP contribution in [0.5, 0.6) is 5.75 Å². The molecule has 1 aliphatic heterocycles. The van der Waals surface area contributed by atoms with Crippen LogP contribution in [-0.4, -0.2) is 45.9 Å². The SMILES string of the molecule is COc1cc(Nc2nc3c(c(N4CC[C@H](F)C4)n2)CCC3c2ccc(F)cc2)ccc1-n1cnc(Cl)c1. The number of ether oxygens (including phenoxy) is 1. The molecule has 190 valence electrons. The minimum absolute atomic E-state index is 0.0181. The summed E-state index contributed by atoms with van der Waals surface area (Å²) in [6.07, 6.45) is 4.56. The van der Waals surface area contributed by atoms with Crippen molar-refractivity contribution in [2.75, 3.05) is 30.4 Å². The third-order valence-corrected chi connectivity index (χ3v) is 7.19. The molecular formula is C27H25ClF2N6O. The smallest absolute Gasteiger partial charge is 0.229 e. The van der Waals surface area contributed by atoms with Crippen LogP contribution in [0.3, 0.4) is 0 Å². The summed E-state index contributed by atoms with van der Waals surface area (Å²) >= 11 is 5.98. The first-order valence-electron chi connectivity index (χ1n) is 12.2. The van der Waals surface area contributed by atoms with Crippen molar-refractivity contribution >= 4 is 29.1 Å². The predicted octanol–water partition coefficient (Wildman–Crippen LogP) is 5.83. The Hall–Kier alpha value is -3.72. The van der Waals surface area contributed by atoms with Gasteiger partial charge in [0.25, 0.3) is 0 Å². The number of fused-ring (bicyclic) bond motifs is 1. The second kappa shape index (κ2) is 9.63. The van der Waals surface area contributed by atoms with Gasteiger partial charge in [-0.25, -0.2) is 18.7 Å². The summed E-state index contributed by atoms with van der Waals surface area (Å²) in [6.45, 7) is 0.932. The van der Waals surface area contributed by atoms with Gasteiger partial charge in [0, 0.05) is 36.0 Å². The Kier molecular flexibility index (Phi) is 6.16. The second-order valence-corrected chi connectivity index (χ2v) is 9.71. The zero-order valence-electron chi connectivity index (χ0n) is 20.2. The Morgan fingerprint density at radius 2 is 1.95 bits per heavy atom. The van der Waals surface area contributed by atoms with Gasteiger partial charge in [-0.1, -0.05) is 23.7 Å². The van der Waals surface area contributed by atoms with Gasteiger partial charge in [-0.15, -0.1) is 0 Å². The first-order chi connectivity index (χ1) is 18.0. The molecule has 37 heavy (non-hydrogen) atoms. The summed E-state index contributed by atoms with van der Waals surface area (Å²) in [4.78, 5) is 15.8. The molecule has 3 heterocycles. The van der Waals surface area contributed by atoms with E-state index in [-0.39, 0.29) is 11.7 Å². The number of hydrogen-bond acceptors (Lipinski definition) is 6. The van der Waals surface area contributed by atoms with E-state index in [0.717, 1.165) is 46.9 Å². The molecule has 7 nitrogen and oxygen atoms in total. The molecule has 1 aliphatic carbocycles. The number of anilines is 3. The molecule has 1 unspecified atom stereocenters. The van der Waals surface area contributed by atoms with Crippen molar-refractivity contribution in [1.29, 1.82) is 0 Å². The number of halogens is 3. The first kappa shape index (κ1) is 23.7. The summed E-state index contributed by atoms with van der Waals surface area (Å²) in [5.41, 5.74) is 4.46. The highest BCUT2D eigenvalue weighted by Gasteiger charge is 2.33. The van der Waals surface area contributed by atoms with E-state index in [9.17, 15) is 8.78 Å². The monoisotopic (exact) mass is 522 g/mol. The van der Waals surface area contributed by atoms with Crippen LogP contribution in [0.25, 0.3) is 5.69 Å². The van der Waals surface area contributed by atoms with E-state index < -0.39 is 6.17 Å². The highest BCUT2D eigenvalue weighted by atomic mass is 35.5. The molecule has 0 bridgehead atoms. The van der Waals surface area contributed by atoms with Gasteiger partial charge in [-0.05, 0) is 49.1 Å². The molecule has 2 aromatic carbocycles. The molecule has 0 radical (unpaired) electrons. The first-order valence-corrected chi connectivity index (χ1v) is 12.6. The number of nitrogens with zero attached hydrogens (tertiary/aromatic N) is 5. The number of benzene rings is 2. The molecule has 1 fully saturated rings. The topological polar surface area (TPSA) is 68.1 Å². The van der Waals surface area contributed by atoms with Gasteiger partial charge in [0.15, 0.2) is 0 Å². The number of methoxy groups -OCH3 is 1. The van der Waals surface area contributed by atoms with Crippen molar-refractivity contribution in [2.24, 2.45) is 0 Å². The predicted molar refractivity (Wildman–Crippen MR) is 139 cm³/mol. The number of alkyl halides is 1. The van der Waals surface area contributed by atoms with Gasteiger partial charge in [-0.2, -0.15) is 4.98 Å². The van der Waals surface area contributed by atoms with Crippen LogP contribution in [0.4, 0.5) is 26.2 Å². The van der Waals surface area contributed by atoms with E-state index in [0.29, 0.717) is 36.4 Å². The van der Waals surface area contributed by atoms with E-state index in [1.165, 1.54) is 12.1 Å². The number of hydrogen-bond donors (Lipinski definition) is 1. The Labute approximate surface area is 218 Å². The van der Waals surface area contributed by atoms with E-state index in [1.54, 1.807) is 24.2 Å². The van der Waals surface area contributed by atoms with Gasteiger partial charge in [-0.3, -0.25) is 0 Å². The van der Waals surface area contributed by atoms with Crippen LogP contribution in [0, 0.1) is 5.82 Å². The van der Waals surface area contributed by atoms with Gasteiger partial charge in [0.2, 0.25) is 5.95 Å². The van der Waals surface area contributed by atoms with Crippen LogP contribution in [0.1, 0.15) is 35.6 Å².